The molecule has 0 atom stereocenters. The van der Waals surface area contributed by atoms with Crippen LogP contribution in [0.25, 0.3) is 0 Å². The summed E-state index contributed by atoms with van der Waals surface area (Å²) in [5.41, 5.74) is 0. The highest BCUT2D eigenvalue weighted by Crippen LogP contribution is 1.88. The van der Waals surface area contributed by atoms with E-state index in [1.165, 1.54) is 6.08 Å². The number of nitrogens with zero attached hydrogens (tertiary/aromatic N) is 1. The predicted molar refractivity (Wildman–Crippen MR) is 38.5 cm³/mol. The third-order valence-corrected chi connectivity index (χ3v) is 0.746. The molecule has 0 aliphatic rings. The first-order valence-corrected chi connectivity index (χ1v) is 2.88. The Balaban J connectivity index is 3.65. The number of allylic oxidation sites excluding steroid dienone is 2. The maximum Gasteiger partial charge on any atom is 0.212 e. The van der Waals surface area contributed by atoms with Crippen molar-refractivity contribution >= 4 is 5.97 Å². The molecule has 56 valence electrons. The minimum atomic E-state index is -0.650. The lowest BCUT2D eigenvalue weighted by Crippen LogP contribution is -1.79. The number of alkyl halides is 1. The largest absolute Gasteiger partial charge is 0.251 e. The number of halogens is 2. The molecule has 3 heteroatoms. The van der Waals surface area contributed by atoms with Crippen molar-refractivity contribution in [2.45, 2.75) is 6.42 Å². The van der Waals surface area contributed by atoms with E-state index in [2.05, 4.69) is 11.6 Å². The van der Waals surface area contributed by atoms with Gasteiger partial charge < -0.3 is 0 Å². The van der Waals surface area contributed by atoms with Crippen molar-refractivity contribution in [3.8, 4) is 0 Å². The molecule has 0 aliphatic heterocycles. The fourth-order valence-electron chi connectivity index (χ4n) is 0.374. The van der Waals surface area contributed by atoms with Crippen molar-refractivity contribution in [2.24, 2.45) is 4.99 Å². The summed E-state index contributed by atoms with van der Waals surface area (Å²) < 4.78 is 23.6. The third kappa shape index (κ3) is 5.15. The molecule has 0 N–H and O–H groups in total. The molecule has 0 saturated heterocycles. The van der Waals surface area contributed by atoms with E-state index in [0.29, 0.717) is 0 Å². The molecule has 0 aromatic heterocycles. The molecule has 0 aliphatic carbocycles. The van der Waals surface area contributed by atoms with Crippen LogP contribution in [0.4, 0.5) is 8.78 Å². The van der Waals surface area contributed by atoms with Gasteiger partial charge in [-0.05, 0) is 12.5 Å². The first kappa shape index (κ1) is 9.01. The van der Waals surface area contributed by atoms with Gasteiger partial charge in [0.05, 0.1) is 6.67 Å². The van der Waals surface area contributed by atoms with Gasteiger partial charge in [0, 0.05) is 6.20 Å². The fraction of sp³-hybridized carbons (Fsp3) is 0.286. The second kappa shape index (κ2) is 6.13. The second-order valence-electron chi connectivity index (χ2n) is 1.51. The van der Waals surface area contributed by atoms with Gasteiger partial charge in [0.25, 0.3) is 0 Å². The zero-order chi connectivity index (χ0) is 7.82. The lowest BCUT2D eigenvalue weighted by Gasteiger charge is -1.81. The third-order valence-electron chi connectivity index (χ3n) is 0.746. The molecule has 0 heterocycles. The van der Waals surface area contributed by atoms with Crippen LogP contribution in [0.2, 0.25) is 0 Å². The van der Waals surface area contributed by atoms with Gasteiger partial charge in [0.1, 0.15) is 0 Å². The van der Waals surface area contributed by atoms with Crippen LogP contribution in [0.3, 0.4) is 0 Å². The van der Waals surface area contributed by atoms with Crippen molar-refractivity contribution in [3.05, 3.63) is 24.9 Å². The Morgan fingerprint density at radius 2 is 2.30 bits per heavy atom. The standard InChI is InChI=1S/C7H9F2N/c1-2-10-7(9)5-3-4-6-8/h2-3,5H,1,4,6H2/b5-3-,10-7?. The summed E-state index contributed by atoms with van der Waals surface area (Å²) in [7, 11) is 0. The number of rotatable bonds is 4. The minimum absolute atomic E-state index is 0.222. The van der Waals surface area contributed by atoms with Crippen LogP contribution in [0.1, 0.15) is 6.42 Å². The van der Waals surface area contributed by atoms with Gasteiger partial charge in [0.15, 0.2) is 0 Å². The Morgan fingerprint density at radius 1 is 1.60 bits per heavy atom. The Kier molecular flexibility index (Phi) is 5.53. The SMILES string of the molecule is C=CN=C(F)/C=C\CCF. The number of hydrogen-bond donors (Lipinski definition) is 0. The van der Waals surface area contributed by atoms with Crippen LogP contribution in [0.15, 0.2) is 29.9 Å². The Morgan fingerprint density at radius 3 is 2.80 bits per heavy atom. The number of aliphatic imine (C=N–C) groups is 1. The van der Waals surface area contributed by atoms with Gasteiger partial charge in [-0.1, -0.05) is 12.7 Å². The molecular weight excluding hydrogens is 136 g/mol. The lowest BCUT2D eigenvalue weighted by atomic mass is 10.4. The van der Waals surface area contributed by atoms with Gasteiger partial charge in [0.2, 0.25) is 5.97 Å². The lowest BCUT2D eigenvalue weighted by molar-refractivity contribution is 0.501. The molecule has 0 bridgehead atoms. The van der Waals surface area contributed by atoms with Crippen LogP contribution < -0.4 is 0 Å². The average molecular weight is 145 g/mol. The molecule has 0 fully saturated rings. The first-order chi connectivity index (χ1) is 4.81. The molecule has 0 amide bonds. The van der Waals surface area contributed by atoms with E-state index < -0.39 is 12.6 Å². The summed E-state index contributed by atoms with van der Waals surface area (Å²) in [4.78, 5) is 3.20. The zero-order valence-corrected chi connectivity index (χ0v) is 5.56. The molecule has 0 radical (unpaired) electrons. The van der Waals surface area contributed by atoms with Crippen LogP contribution in [-0.2, 0) is 0 Å². The van der Waals surface area contributed by atoms with Crippen molar-refractivity contribution in [2.75, 3.05) is 6.67 Å². The van der Waals surface area contributed by atoms with Gasteiger partial charge in [-0.25, -0.2) is 4.99 Å². The van der Waals surface area contributed by atoms with Gasteiger partial charge >= 0.3 is 0 Å². The number of hydrogen-bond acceptors (Lipinski definition) is 1. The van der Waals surface area contributed by atoms with Crippen LogP contribution in [0, 0.1) is 0 Å². The summed E-state index contributed by atoms with van der Waals surface area (Å²) in [6.07, 6.45) is 3.80. The molecule has 0 aromatic rings. The van der Waals surface area contributed by atoms with E-state index in [9.17, 15) is 8.78 Å². The molecule has 0 aromatic carbocycles. The molecule has 1 nitrogen and oxygen atoms in total. The smallest absolute Gasteiger partial charge is 0.212 e. The van der Waals surface area contributed by atoms with E-state index in [-0.39, 0.29) is 6.42 Å². The normalized spacial score (nSPS) is 12.4. The van der Waals surface area contributed by atoms with Crippen LogP contribution >= 0.6 is 0 Å². The van der Waals surface area contributed by atoms with E-state index in [1.807, 2.05) is 0 Å². The topological polar surface area (TPSA) is 12.4 Å². The summed E-state index contributed by atoms with van der Waals surface area (Å²) in [5.74, 6) is -0.650. The zero-order valence-electron chi connectivity index (χ0n) is 5.56. The summed E-state index contributed by atoms with van der Waals surface area (Å²) >= 11 is 0. The van der Waals surface area contributed by atoms with Gasteiger partial charge in [-0.3, -0.25) is 4.39 Å². The van der Waals surface area contributed by atoms with E-state index >= 15 is 0 Å². The highest BCUT2D eigenvalue weighted by molar-refractivity contribution is 5.86. The van der Waals surface area contributed by atoms with Crippen molar-refractivity contribution in [1.29, 1.82) is 0 Å². The monoisotopic (exact) mass is 145 g/mol. The predicted octanol–water partition coefficient (Wildman–Crippen LogP) is 2.41. The van der Waals surface area contributed by atoms with E-state index in [4.69, 9.17) is 0 Å². The van der Waals surface area contributed by atoms with Crippen LogP contribution in [-0.4, -0.2) is 12.6 Å². The van der Waals surface area contributed by atoms with E-state index in [1.54, 1.807) is 0 Å². The summed E-state index contributed by atoms with van der Waals surface area (Å²) in [6, 6.07) is 0. The van der Waals surface area contributed by atoms with Crippen molar-refractivity contribution in [1.82, 2.24) is 0 Å². The molecule has 0 spiro atoms. The summed E-state index contributed by atoms with van der Waals surface area (Å²) in [6.45, 7) is 2.72. The summed E-state index contributed by atoms with van der Waals surface area (Å²) in [5, 5.41) is 0. The molecule has 0 saturated carbocycles. The second-order valence-corrected chi connectivity index (χ2v) is 1.51. The van der Waals surface area contributed by atoms with Crippen LogP contribution in [0.5, 0.6) is 0 Å². The highest BCUT2D eigenvalue weighted by atomic mass is 19.1. The van der Waals surface area contributed by atoms with E-state index in [0.717, 1.165) is 12.3 Å². The molecule has 0 unspecified atom stereocenters. The minimum Gasteiger partial charge on any atom is -0.251 e. The van der Waals surface area contributed by atoms with Crippen molar-refractivity contribution < 1.29 is 8.78 Å². The van der Waals surface area contributed by atoms with Crippen molar-refractivity contribution in [3.63, 3.8) is 0 Å². The maximum absolute atomic E-state index is 12.2. The average Bonchev–Trinajstić information content (AvgIpc) is 1.89. The Labute approximate surface area is 58.8 Å². The fourth-order valence-corrected chi connectivity index (χ4v) is 0.374. The molecule has 0 rings (SSSR count). The molecule has 10 heavy (non-hydrogen) atoms. The highest BCUT2D eigenvalue weighted by Gasteiger charge is 1.83. The quantitative estimate of drug-likeness (QED) is 0.538. The Hall–Kier alpha value is -0.990. The van der Waals surface area contributed by atoms with Gasteiger partial charge in [-0.2, -0.15) is 4.39 Å². The Bertz CT molecular complexity index is 150. The van der Waals surface area contributed by atoms with Gasteiger partial charge in [-0.15, -0.1) is 0 Å². The molecular formula is C7H9F2N. The first-order valence-electron chi connectivity index (χ1n) is 2.88. The maximum atomic E-state index is 12.2.